The number of carbonyl (C=O) groups excluding carboxylic acids is 1. The summed E-state index contributed by atoms with van der Waals surface area (Å²) in [4.78, 5) is 29.4. The predicted octanol–water partition coefficient (Wildman–Crippen LogP) is 2.93. The summed E-state index contributed by atoms with van der Waals surface area (Å²) in [5.41, 5.74) is 5.07. The number of H-pyrrole nitrogens is 1. The van der Waals surface area contributed by atoms with Gasteiger partial charge in [0.25, 0.3) is 5.91 Å². The van der Waals surface area contributed by atoms with Crippen molar-refractivity contribution in [1.29, 1.82) is 0 Å². The van der Waals surface area contributed by atoms with Gasteiger partial charge in [0.15, 0.2) is 0 Å². The average molecular weight is 430 g/mol. The summed E-state index contributed by atoms with van der Waals surface area (Å²) < 4.78 is 5.60. The number of carbonyl (C=O) groups is 1. The fraction of sp³-hybridized carbons (Fsp3) is 0.333. The number of amides is 1. The largest absolute Gasteiger partial charge is 0.480 e. The first kappa shape index (κ1) is 20.5. The molecular formula is C21H24ClN5O3. The van der Waals surface area contributed by atoms with Crippen LogP contribution in [0.2, 0.25) is 5.02 Å². The molecule has 3 heterocycles. The molecule has 1 amide bonds. The minimum Gasteiger partial charge on any atom is -0.480 e. The fourth-order valence-corrected chi connectivity index (χ4v) is 3.95. The van der Waals surface area contributed by atoms with Crippen molar-refractivity contribution in [3.63, 3.8) is 0 Å². The number of fused-ring (bicyclic) bond motifs is 1. The Balaban J connectivity index is 1.74. The Bertz CT molecular complexity index is 1080. The van der Waals surface area contributed by atoms with Crippen LogP contribution in [0.1, 0.15) is 10.4 Å². The number of hydroxylamine groups is 1. The number of methoxy groups -OCH3 is 1. The number of pyridine rings is 1. The van der Waals surface area contributed by atoms with Gasteiger partial charge in [0, 0.05) is 54.4 Å². The number of hydrogen-bond acceptors (Lipinski definition) is 6. The first-order valence-corrected chi connectivity index (χ1v) is 10.0. The Morgan fingerprint density at radius 1 is 1.17 bits per heavy atom. The molecule has 30 heavy (non-hydrogen) atoms. The SMILES string of the molecule is CONC(=O)c1c[nH]c2cc(Cl)c(-c3ccc(N4CCN(C)CC4)nc3OC)cc12. The lowest BCUT2D eigenvalue weighted by molar-refractivity contribution is 0.0539. The summed E-state index contributed by atoms with van der Waals surface area (Å²) >= 11 is 6.58. The highest BCUT2D eigenvalue weighted by molar-refractivity contribution is 6.34. The van der Waals surface area contributed by atoms with Gasteiger partial charge in [0.1, 0.15) is 5.82 Å². The van der Waals surface area contributed by atoms with E-state index in [1.807, 2.05) is 18.2 Å². The van der Waals surface area contributed by atoms with Crippen LogP contribution < -0.4 is 15.1 Å². The third-order valence-corrected chi connectivity index (χ3v) is 5.68. The van der Waals surface area contributed by atoms with E-state index < -0.39 is 0 Å². The topological polar surface area (TPSA) is 82.7 Å². The molecule has 0 saturated carbocycles. The lowest BCUT2D eigenvalue weighted by Gasteiger charge is -2.33. The molecule has 0 atom stereocenters. The van der Waals surface area contributed by atoms with Crippen LogP contribution in [0, 0.1) is 0 Å². The number of halogens is 1. The molecule has 1 aromatic carbocycles. The molecule has 1 saturated heterocycles. The Morgan fingerprint density at radius 3 is 2.63 bits per heavy atom. The molecule has 9 heteroatoms. The van der Waals surface area contributed by atoms with Crippen LogP contribution in [0.3, 0.4) is 0 Å². The second-order valence-corrected chi connectivity index (χ2v) is 7.64. The number of anilines is 1. The number of likely N-dealkylation sites (N-methyl/N-ethyl adjacent to an activating group) is 1. The molecular weight excluding hydrogens is 406 g/mol. The fourth-order valence-electron chi connectivity index (χ4n) is 3.69. The second-order valence-electron chi connectivity index (χ2n) is 7.23. The van der Waals surface area contributed by atoms with Crippen molar-refractivity contribution in [2.24, 2.45) is 0 Å². The smallest absolute Gasteiger partial charge is 0.276 e. The third kappa shape index (κ3) is 3.81. The Kier molecular flexibility index (Phi) is 5.80. The maximum atomic E-state index is 12.3. The Hall–Kier alpha value is -2.81. The van der Waals surface area contributed by atoms with E-state index in [4.69, 9.17) is 26.2 Å². The van der Waals surface area contributed by atoms with Gasteiger partial charge >= 0.3 is 0 Å². The molecule has 4 rings (SSSR count). The predicted molar refractivity (Wildman–Crippen MR) is 117 cm³/mol. The van der Waals surface area contributed by atoms with E-state index in [-0.39, 0.29) is 5.91 Å². The first-order valence-electron chi connectivity index (χ1n) is 9.64. The standard InChI is InChI=1S/C21H24ClN5O3/c1-26-6-8-27(9-7-26)19-5-4-13(21(24-19)29-2)14-10-15-16(20(28)25-30-3)12-23-18(15)11-17(14)22/h4-5,10-12,23H,6-9H2,1-3H3,(H,25,28). The van der Waals surface area contributed by atoms with Gasteiger partial charge < -0.3 is 19.5 Å². The maximum absolute atomic E-state index is 12.3. The van der Waals surface area contributed by atoms with Gasteiger partial charge in [-0.1, -0.05) is 11.6 Å². The molecule has 1 aliphatic rings. The lowest BCUT2D eigenvalue weighted by Crippen LogP contribution is -2.44. The van der Waals surface area contributed by atoms with Crippen molar-refractivity contribution in [3.8, 4) is 17.0 Å². The molecule has 2 N–H and O–H groups in total. The molecule has 0 bridgehead atoms. The van der Waals surface area contributed by atoms with Gasteiger partial charge in [-0.15, -0.1) is 0 Å². The van der Waals surface area contributed by atoms with Crippen LogP contribution in [0.5, 0.6) is 5.88 Å². The summed E-state index contributed by atoms with van der Waals surface area (Å²) in [5.74, 6) is 1.03. The Labute approximate surface area is 179 Å². The van der Waals surface area contributed by atoms with Gasteiger partial charge in [-0.05, 0) is 31.3 Å². The molecule has 1 fully saturated rings. The molecule has 0 unspecified atom stereocenters. The maximum Gasteiger partial charge on any atom is 0.276 e. The van der Waals surface area contributed by atoms with Gasteiger partial charge in [-0.2, -0.15) is 4.98 Å². The van der Waals surface area contributed by atoms with Crippen molar-refractivity contribution in [2.75, 3.05) is 52.3 Å². The molecule has 8 nitrogen and oxygen atoms in total. The highest BCUT2D eigenvalue weighted by Gasteiger charge is 2.20. The number of nitrogens with zero attached hydrogens (tertiary/aromatic N) is 3. The van der Waals surface area contributed by atoms with E-state index in [1.54, 1.807) is 19.4 Å². The van der Waals surface area contributed by atoms with Crippen LogP contribution in [0.15, 0.2) is 30.5 Å². The van der Waals surface area contributed by atoms with Crippen molar-refractivity contribution in [2.45, 2.75) is 0 Å². The van der Waals surface area contributed by atoms with Gasteiger partial charge in [0.05, 0.1) is 24.8 Å². The van der Waals surface area contributed by atoms with Crippen molar-refractivity contribution in [3.05, 3.63) is 41.0 Å². The summed E-state index contributed by atoms with van der Waals surface area (Å²) in [6.07, 6.45) is 1.63. The van der Waals surface area contributed by atoms with E-state index in [2.05, 4.69) is 27.3 Å². The number of piperazine rings is 1. The van der Waals surface area contributed by atoms with E-state index in [0.717, 1.165) is 54.0 Å². The van der Waals surface area contributed by atoms with E-state index in [9.17, 15) is 4.79 Å². The summed E-state index contributed by atoms with van der Waals surface area (Å²) in [7, 11) is 5.11. The summed E-state index contributed by atoms with van der Waals surface area (Å²) in [6, 6.07) is 7.62. The Morgan fingerprint density at radius 2 is 1.93 bits per heavy atom. The number of nitrogens with one attached hydrogen (secondary N) is 2. The lowest BCUT2D eigenvalue weighted by atomic mass is 10.0. The number of benzene rings is 1. The van der Waals surface area contributed by atoms with E-state index >= 15 is 0 Å². The minimum atomic E-state index is -0.340. The molecule has 0 spiro atoms. The molecule has 0 radical (unpaired) electrons. The molecule has 3 aromatic rings. The molecule has 158 valence electrons. The highest BCUT2D eigenvalue weighted by atomic mass is 35.5. The number of aromatic amines is 1. The van der Waals surface area contributed by atoms with Crippen LogP contribution in [0.25, 0.3) is 22.0 Å². The quantitative estimate of drug-likeness (QED) is 0.607. The second kappa shape index (κ2) is 8.51. The molecule has 1 aliphatic heterocycles. The normalized spacial score (nSPS) is 14.9. The van der Waals surface area contributed by atoms with Crippen LogP contribution in [-0.4, -0.2) is 68.2 Å². The summed E-state index contributed by atoms with van der Waals surface area (Å²) in [6.45, 7) is 3.82. The van der Waals surface area contributed by atoms with Crippen molar-refractivity contribution >= 4 is 34.2 Å². The zero-order valence-electron chi connectivity index (χ0n) is 17.2. The number of aromatic nitrogens is 2. The number of rotatable bonds is 5. The molecule has 0 aliphatic carbocycles. The number of ether oxygens (including phenoxy) is 1. The first-order chi connectivity index (χ1) is 14.5. The monoisotopic (exact) mass is 429 g/mol. The van der Waals surface area contributed by atoms with E-state index in [1.165, 1.54) is 7.11 Å². The van der Waals surface area contributed by atoms with E-state index in [0.29, 0.717) is 16.5 Å². The highest BCUT2D eigenvalue weighted by Crippen LogP contribution is 2.38. The van der Waals surface area contributed by atoms with Crippen LogP contribution in [0.4, 0.5) is 5.82 Å². The van der Waals surface area contributed by atoms with Gasteiger partial charge in [0.2, 0.25) is 5.88 Å². The van der Waals surface area contributed by atoms with Gasteiger partial charge in [-0.25, -0.2) is 5.48 Å². The molecule has 2 aromatic heterocycles. The summed E-state index contributed by atoms with van der Waals surface area (Å²) in [5, 5.41) is 1.27. The van der Waals surface area contributed by atoms with Crippen molar-refractivity contribution in [1.82, 2.24) is 20.3 Å². The van der Waals surface area contributed by atoms with Crippen LogP contribution in [-0.2, 0) is 4.84 Å². The third-order valence-electron chi connectivity index (χ3n) is 5.37. The van der Waals surface area contributed by atoms with Crippen molar-refractivity contribution < 1.29 is 14.4 Å². The zero-order chi connectivity index (χ0) is 21.3. The van der Waals surface area contributed by atoms with Crippen LogP contribution >= 0.6 is 11.6 Å². The minimum absolute atomic E-state index is 0.340. The number of hydrogen-bond donors (Lipinski definition) is 2. The average Bonchev–Trinajstić information content (AvgIpc) is 3.16. The zero-order valence-corrected chi connectivity index (χ0v) is 17.9. The van der Waals surface area contributed by atoms with Gasteiger partial charge in [-0.3, -0.25) is 9.63 Å².